The minimum atomic E-state index is -0.502. The third kappa shape index (κ3) is 3.01. The highest BCUT2D eigenvalue weighted by molar-refractivity contribution is 5.43. The molecule has 19 heavy (non-hydrogen) atoms. The molecule has 0 radical (unpaired) electrons. The van der Waals surface area contributed by atoms with E-state index in [0.717, 1.165) is 18.7 Å². The molecule has 1 aromatic rings. The Labute approximate surface area is 114 Å². The van der Waals surface area contributed by atoms with Crippen molar-refractivity contribution in [2.24, 2.45) is 0 Å². The summed E-state index contributed by atoms with van der Waals surface area (Å²) in [6.45, 7) is 4.23. The fourth-order valence-electron chi connectivity index (χ4n) is 2.66. The molecule has 4 heteroatoms. The van der Waals surface area contributed by atoms with Gasteiger partial charge >= 0.3 is 0 Å². The molecule has 1 aliphatic rings. The molecule has 1 fully saturated rings. The van der Waals surface area contributed by atoms with Crippen LogP contribution in [0.5, 0.6) is 11.5 Å². The minimum Gasteiger partial charge on any atom is -0.493 e. The molecule has 0 saturated carbocycles. The molecule has 1 aromatic carbocycles. The number of hydrogen-bond acceptors (Lipinski definition) is 4. The number of rotatable bonds is 5. The number of benzene rings is 1. The maximum absolute atomic E-state index is 10.5. The highest BCUT2D eigenvalue weighted by atomic mass is 16.5. The topological polar surface area (TPSA) is 41.9 Å². The van der Waals surface area contributed by atoms with Crippen LogP contribution in [0.25, 0.3) is 0 Å². The SMILES string of the molecule is COc1ccc([C@H](O)[C@@H](C)N2CCCC2)cc1OC. The molecule has 0 amide bonds. The van der Waals surface area contributed by atoms with Gasteiger partial charge in [-0.05, 0) is 50.6 Å². The van der Waals surface area contributed by atoms with Crippen LogP contribution in [0, 0.1) is 0 Å². The van der Waals surface area contributed by atoms with Crippen molar-refractivity contribution >= 4 is 0 Å². The van der Waals surface area contributed by atoms with Crippen LogP contribution in [0.15, 0.2) is 18.2 Å². The fourth-order valence-corrected chi connectivity index (χ4v) is 2.66. The lowest BCUT2D eigenvalue weighted by Crippen LogP contribution is -2.35. The van der Waals surface area contributed by atoms with Gasteiger partial charge in [0.05, 0.1) is 20.3 Å². The minimum absolute atomic E-state index is 0.126. The van der Waals surface area contributed by atoms with Crippen LogP contribution in [0.4, 0.5) is 0 Å². The summed E-state index contributed by atoms with van der Waals surface area (Å²) in [4.78, 5) is 2.33. The zero-order valence-electron chi connectivity index (χ0n) is 11.9. The molecule has 0 bridgehead atoms. The van der Waals surface area contributed by atoms with Crippen molar-refractivity contribution in [3.63, 3.8) is 0 Å². The predicted octanol–water partition coefficient (Wildman–Crippen LogP) is 2.22. The van der Waals surface area contributed by atoms with Crippen molar-refractivity contribution in [3.8, 4) is 11.5 Å². The molecule has 2 atom stereocenters. The number of likely N-dealkylation sites (tertiary alicyclic amines) is 1. The fraction of sp³-hybridized carbons (Fsp3) is 0.600. The normalized spacial score (nSPS) is 19.2. The van der Waals surface area contributed by atoms with Gasteiger partial charge in [0.1, 0.15) is 0 Å². The zero-order chi connectivity index (χ0) is 13.8. The quantitative estimate of drug-likeness (QED) is 0.886. The largest absolute Gasteiger partial charge is 0.493 e. The van der Waals surface area contributed by atoms with E-state index >= 15 is 0 Å². The van der Waals surface area contributed by atoms with E-state index in [2.05, 4.69) is 11.8 Å². The van der Waals surface area contributed by atoms with Crippen LogP contribution in [0.2, 0.25) is 0 Å². The van der Waals surface area contributed by atoms with Crippen molar-refractivity contribution in [3.05, 3.63) is 23.8 Å². The van der Waals surface area contributed by atoms with Crippen molar-refractivity contribution in [2.75, 3.05) is 27.3 Å². The van der Waals surface area contributed by atoms with E-state index < -0.39 is 6.10 Å². The van der Waals surface area contributed by atoms with E-state index in [4.69, 9.17) is 9.47 Å². The zero-order valence-corrected chi connectivity index (χ0v) is 11.9. The van der Waals surface area contributed by atoms with Gasteiger partial charge in [0, 0.05) is 6.04 Å². The Morgan fingerprint density at radius 2 is 1.74 bits per heavy atom. The second-order valence-corrected chi connectivity index (χ2v) is 5.04. The van der Waals surface area contributed by atoms with Crippen LogP contribution >= 0.6 is 0 Å². The van der Waals surface area contributed by atoms with Gasteiger partial charge < -0.3 is 14.6 Å². The third-order valence-electron chi connectivity index (χ3n) is 3.92. The summed E-state index contributed by atoms with van der Waals surface area (Å²) in [6, 6.07) is 5.73. The van der Waals surface area contributed by atoms with Gasteiger partial charge in [-0.15, -0.1) is 0 Å². The number of methoxy groups -OCH3 is 2. The van der Waals surface area contributed by atoms with Crippen LogP contribution in [0.3, 0.4) is 0 Å². The number of aliphatic hydroxyl groups is 1. The van der Waals surface area contributed by atoms with Crippen molar-refractivity contribution in [1.29, 1.82) is 0 Å². The van der Waals surface area contributed by atoms with Crippen molar-refractivity contribution in [1.82, 2.24) is 4.90 Å². The Hall–Kier alpha value is -1.26. The molecule has 1 N–H and O–H groups in total. The van der Waals surface area contributed by atoms with E-state index in [1.165, 1.54) is 12.8 Å². The molecule has 0 unspecified atom stereocenters. The number of hydrogen-bond donors (Lipinski definition) is 1. The number of aliphatic hydroxyl groups excluding tert-OH is 1. The summed E-state index contributed by atoms with van der Waals surface area (Å²) in [6.07, 6.45) is 1.95. The maximum Gasteiger partial charge on any atom is 0.161 e. The molecule has 106 valence electrons. The van der Waals surface area contributed by atoms with E-state index in [1.54, 1.807) is 14.2 Å². The first-order valence-electron chi connectivity index (χ1n) is 6.81. The lowest BCUT2D eigenvalue weighted by atomic mass is 10.0. The molecule has 4 nitrogen and oxygen atoms in total. The summed E-state index contributed by atoms with van der Waals surface area (Å²) in [5.74, 6) is 1.35. The summed E-state index contributed by atoms with van der Waals surface area (Å²) < 4.78 is 10.5. The van der Waals surface area contributed by atoms with E-state index in [1.807, 2.05) is 18.2 Å². The Morgan fingerprint density at radius 3 is 2.32 bits per heavy atom. The standard InChI is InChI=1S/C15H23NO3/c1-11(16-8-4-5-9-16)15(17)12-6-7-13(18-2)14(10-12)19-3/h6-7,10-11,15,17H,4-5,8-9H2,1-3H3/t11-,15-/m1/s1. The van der Waals surface area contributed by atoms with Gasteiger partial charge in [-0.1, -0.05) is 6.07 Å². The van der Waals surface area contributed by atoms with Gasteiger partial charge in [-0.25, -0.2) is 0 Å². The molecule has 2 rings (SSSR count). The first-order valence-corrected chi connectivity index (χ1v) is 6.81. The Bertz CT molecular complexity index is 416. The maximum atomic E-state index is 10.5. The van der Waals surface area contributed by atoms with E-state index in [-0.39, 0.29) is 6.04 Å². The smallest absolute Gasteiger partial charge is 0.161 e. The van der Waals surface area contributed by atoms with Crippen LogP contribution in [0.1, 0.15) is 31.4 Å². The van der Waals surface area contributed by atoms with Crippen molar-refractivity contribution < 1.29 is 14.6 Å². The molecule has 1 saturated heterocycles. The van der Waals surface area contributed by atoms with Crippen molar-refractivity contribution in [2.45, 2.75) is 31.9 Å². The van der Waals surface area contributed by atoms with Gasteiger partial charge in [0.2, 0.25) is 0 Å². The number of nitrogens with zero attached hydrogens (tertiary/aromatic N) is 1. The molecule has 0 aliphatic carbocycles. The van der Waals surface area contributed by atoms with Crippen LogP contribution in [-0.4, -0.2) is 43.4 Å². The first-order chi connectivity index (χ1) is 9.17. The Morgan fingerprint density at radius 1 is 1.11 bits per heavy atom. The third-order valence-corrected chi connectivity index (χ3v) is 3.92. The Balaban J connectivity index is 2.15. The number of ether oxygens (including phenoxy) is 2. The average Bonchev–Trinajstić information content (AvgIpc) is 2.99. The summed E-state index contributed by atoms with van der Waals surface area (Å²) in [7, 11) is 3.22. The van der Waals surface area contributed by atoms with E-state index in [0.29, 0.717) is 11.5 Å². The summed E-state index contributed by atoms with van der Waals surface area (Å²) in [5, 5.41) is 10.5. The van der Waals surface area contributed by atoms with Crippen LogP contribution in [-0.2, 0) is 0 Å². The monoisotopic (exact) mass is 265 g/mol. The summed E-state index contributed by atoms with van der Waals surface area (Å²) >= 11 is 0. The lowest BCUT2D eigenvalue weighted by Gasteiger charge is -2.28. The molecule has 1 aliphatic heterocycles. The van der Waals surface area contributed by atoms with Crippen LogP contribution < -0.4 is 9.47 Å². The molecule has 0 aromatic heterocycles. The molecule has 1 heterocycles. The average molecular weight is 265 g/mol. The van der Waals surface area contributed by atoms with E-state index in [9.17, 15) is 5.11 Å². The highest BCUT2D eigenvalue weighted by Crippen LogP contribution is 2.32. The van der Waals surface area contributed by atoms with Gasteiger partial charge in [0.25, 0.3) is 0 Å². The second-order valence-electron chi connectivity index (χ2n) is 5.04. The lowest BCUT2D eigenvalue weighted by molar-refractivity contribution is 0.0713. The predicted molar refractivity (Wildman–Crippen MR) is 74.8 cm³/mol. The second kappa shape index (κ2) is 6.26. The van der Waals surface area contributed by atoms with Gasteiger partial charge in [-0.3, -0.25) is 4.90 Å². The molecular weight excluding hydrogens is 242 g/mol. The Kier molecular flexibility index (Phi) is 4.66. The molecular formula is C15H23NO3. The van der Waals surface area contributed by atoms with Gasteiger partial charge in [-0.2, -0.15) is 0 Å². The first kappa shape index (κ1) is 14.2. The highest BCUT2D eigenvalue weighted by Gasteiger charge is 2.25. The van der Waals surface area contributed by atoms with Gasteiger partial charge in [0.15, 0.2) is 11.5 Å². The molecule has 0 spiro atoms. The summed E-state index contributed by atoms with van der Waals surface area (Å²) in [5.41, 5.74) is 0.872.